The topological polar surface area (TPSA) is 68.8 Å². The number of para-hydroxylation sites is 1. The average Bonchev–Trinajstić information content (AvgIpc) is 3.17. The van der Waals surface area contributed by atoms with E-state index in [1.165, 1.54) is 31.0 Å². The highest BCUT2D eigenvalue weighted by Gasteiger charge is 2.49. The van der Waals surface area contributed by atoms with Crippen molar-refractivity contribution in [2.75, 3.05) is 47.9 Å². The number of hydrogen-bond donors (Lipinski definition) is 1. The molecule has 37 heavy (non-hydrogen) atoms. The van der Waals surface area contributed by atoms with Crippen LogP contribution in [0.2, 0.25) is 0 Å². The molecule has 2 aromatic rings. The molecule has 7 nitrogen and oxygen atoms in total. The number of alkyl halides is 3. The summed E-state index contributed by atoms with van der Waals surface area (Å²) in [4.78, 5) is 35.6. The van der Waals surface area contributed by atoms with Gasteiger partial charge in [-0.1, -0.05) is 6.07 Å². The fourth-order valence-electron chi connectivity index (χ4n) is 5.81. The zero-order chi connectivity index (χ0) is 26.5. The Labute approximate surface area is 212 Å². The number of benzene rings is 1. The number of pyridine rings is 1. The van der Waals surface area contributed by atoms with Crippen molar-refractivity contribution in [2.45, 2.75) is 38.4 Å². The van der Waals surface area contributed by atoms with Gasteiger partial charge < -0.3 is 15.1 Å². The average molecular weight is 520 g/mol. The minimum atomic E-state index is -4.63. The van der Waals surface area contributed by atoms with Crippen molar-refractivity contribution in [2.24, 2.45) is 11.8 Å². The Kier molecular flexibility index (Phi) is 6.59. The van der Waals surface area contributed by atoms with Crippen molar-refractivity contribution in [1.82, 2.24) is 10.3 Å². The van der Waals surface area contributed by atoms with E-state index in [0.717, 1.165) is 43.0 Å². The summed E-state index contributed by atoms with van der Waals surface area (Å²) in [6.45, 7) is 3.92. The summed E-state index contributed by atoms with van der Waals surface area (Å²) in [6, 6.07) is 5.20. The smallest absolute Gasteiger partial charge is 0.367 e. The van der Waals surface area contributed by atoms with Gasteiger partial charge in [0.1, 0.15) is 17.7 Å². The first-order valence-electron chi connectivity index (χ1n) is 12.4. The summed E-state index contributed by atoms with van der Waals surface area (Å²) in [5.74, 6) is -1.86. The first kappa shape index (κ1) is 25.4. The van der Waals surface area contributed by atoms with E-state index in [1.54, 1.807) is 6.07 Å². The van der Waals surface area contributed by atoms with Gasteiger partial charge in [0.25, 0.3) is 0 Å². The van der Waals surface area contributed by atoms with Crippen molar-refractivity contribution >= 4 is 29.0 Å². The van der Waals surface area contributed by atoms with E-state index >= 15 is 4.39 Å². The Morgan fingerprint density at radius 2 is 1.86 bits per heavy atom. The number of likely N-dealkylation sites (N-methyl/N-ethyl adjacent to an activating group) is 1. The number of carbonyl (C=O) groups is 2. The summed E-state index contributed by atoms with van der Waals surface area (Å²) in [7, 11) is 1.51. The first-order valence-corrected chi connectivity index (χ1v) is 12.4. The van der Waals surface area contributed by atoms with Crippen LogP contribution in [-0.4, -0.2) is 56.1 Å². The lowest BCUT2D eigenvalue weighted by atomic mass is 9.93. The lowest BCUT2D eigenvalue weighted by Gasteiger charge is -2.40. The Bertz CT molecular complexity index is 1210. The molecular weight excluding hydrogens is 490 g/mol. The van der Waals surface area contributed by atoms with Gasteiger partial charge in [0.2, 0.25) is 11.8 Å². The van der Waals surface area contributed by atoms with Gasteiger partial charge in [-0.2, -0.15) is 13.2 Å². The lowest BCUT2D eigenvalue weighted by Crippen LogP contribution is -2.53. The molecule has 0 aliphatic carbocycles. The first-order chi connectivity index (χ1) is 17.5. The maximum Gasteiger partial charge on any atom is 0.416 e. The molecule has 2 amide bonds. The number of hydrogen-bond acceptors (Lipinski definition) is 5. The SMILES string of the molecule is Cc1cc(C(F)(F)F)cc(N2C(=O)CC3CN(CC4CCNCC4)c4c(F)cccc4N(C)C(=O)[C@H]32)n1. The number of nitrogens with zero attached hydrogens (tertiary/aromatic N) is 4. The highest BCUT2D eigenvalue weighted by molar-refractivity contribution is 6.10. The second-order valence-corrected chi connectivity index (χ2v) is 10.1. The normalized spacial score (nSPS) is 23.1. The molecule has 1 unspecified atom stereocenters. The minimum Gasteiger partial charge on any atom is -0.367 e. The van der Waals surface area contributed by atoms with Crippen molar-refractivity contribution < 1.29 is 27.2 Å². The molecule has 2 atom stereocenters. The molecule has 0 bridgehead atoms. The van der Waals surface area contributed by atoms with Crippen LogP contribution in [0.15, 0.2) is 30.3 Å². The van der Waals surface area contributed by atoms with E-state index in [2.05, 4.69) is 10.3 Å². The van der Waals surface area contributed by atoms with Crippen LogP contribution >= 0.6 is 0 Å². The molecule has 3 aliphatic heterocycles. The van der Waals surface area contributed by atoms with Crippen molar-refractivity contribution in [3.05, 3.63) is 47.4 Å². The van der Waals surface area contributed by atoms with Crippen molar-refractivity contribution in [3.63, 3.8) is 0 Å². The minimum absolute atomic E-state index is 0.0479. The molecule has 198 valence electrons. The number of aryl methyl sites for hydroxylation is 1. The van der Waals surface area contributed by atoms with Gasteiger partial charge in [0, 0.05) is 38.2 Å². The molecule has 2 saturated heterocycles. The van der Waals surface area contributed by atoms with Crippen molar-refractivity contribution in [1.29, 1.82) is 0 Å². The van der Waals surface area contributed by atoms with Crippen LogP contribution < -0.4 is 20.0 Å². The van der Waals surface area contributed by atoms with Crippen LogP contribution in [0.4, 0.5) is 34.8 Å². The van der Waals surface area contributed by atoms with Crippen LogP contribution in [0.1, 0.15) is 30.5 Å². The molecule has 1 aromatic heterocycles. The van der Waals surface area contributed by atoms with Crippen LogP contribution in [0.25, 0.3) is 0 Å². The van der Waals surface area contributed by atoms with Crippen LogP contribution in [0.3, 0.4) is 0 Å². The van der Waals surface area contributed by atoms with E-state index in [0.29, 0.717) is 23.8 Å². The number of amides is 2. The molecule has 0 saturated carbocycles. The van der Waals surface area contributed by atoms with Crippen LogP contribution in [0, 0.1) is 24.6 Å². The van der Waals surface area contributed by atoms with E-state index in [9.17, 15) is 22.8 Å². The van der Waals surface area contributed by atoms with E-state index < -0.39 is 41.3 Å². The largest absolute Gasteiger partial charge is 0.416 e. The number of fused-ring (bicyclic) bond motifs is 2. The highest BCUT2D eigenvalue weighted by Crippen LogP contribution is 2.41. The molecule has 4 heterocycles. The predicted molar refractivity (Wildman–Crippen MR) is 131 cm³/mol. The van der Waals surface area contributed by atoms with E-state index in [-0.39, 0.29) is 24.5 Å². The molecular formula is C26H29F4N5O2. The summed E-state index contributed by atoms with van der Waals surface area (Å²) in [6.07, 6.45) is -2.84. The number of carbonyl (C=O) groups excluding carboxylic acids is 2. The number of anilines is 3. The van der Waals surface area contributed by atoms with E-state index in [1.807, 2.05) is 4.90 Å². The monoisotopic (exact) mass is 519 g/mol. The summed E-state index contributed by atoms with van der Waals surface area (Å²) >= 11 is 0. The number of nitrogens with one attached hydrogen (secondary N) is 1. The third-order valence-corrected chi connectivity index (χ3v) is 7.56. The van der Waals surface area contributed by atoms with E-state index in [4.69, 9.17) is 0 Å². The molecule has 0 spiro atoms. The van der Waals surface area contributed by atoms with Crippen LogP contribution in [-0.2, 0) is 15.8 Å². The number of aromatic nitrogens is 1. The maximum absolute atomic E-state index is 15.3. The molecule has 5 rings (SSSR count). The van der Waals surface area contributed by atoms with Gasteiger partial charge >= 0.3 is 6.18 Å². The quantitative estimate of drug-likeness (QED) is 0.626. The van der Waals surface area contributed by atoms with Crippen LogP contribution in [0.5, 0.6) is 0 Å². The number of rotatable bonds is 3. The van der Waals surface area contributed by atoms with Gasteiger partial charge in [-0.05, 0) is 63.0 Å². The predicted octanol–water partition coefficient (Wildman–Crippen LogP) is 3.75. The fraction of sp³-hybridized carbons (Fsp3) is 0.500. The Hall–Kier alpha value is -3.21. The second kappa shape index (κ2) is 9.59. The molecule has 1 N–H and O–H groups in total. The Morgan fingerprint density at radius 3 is 2.57 bits per heavy atom. The fourth-order valence-corrected chi connectivity index (χ4v) is 5.81. The summed E-state index contributed by atoms with van der Waals surface area (Å²) in [5.41, 5.74) is -0.162. The molecule has 0 radical (unpaired) electrons. The number of piperidine rings is 1. The zero-order valence-electron chi connectivity index (χ0n) is 20.7. The van der Waals surface area contributed by atoms with Gasteiger partial charge in [0.05, 0.1) is 16.9 Å². The van der Waals surface area contributed by atoms with Gasteiger partial charge in [-0.25, -0.2) is 9.37 Å². The maximum atomic E-state index is 15.3. The summed E-state index contributed by atoms with van der Waals surface area (Å²) < 4.78 is 55.9. The van der Waals surface area contributed by atoms with Crippen molar-refractivity contribution in [3.8, 4) is 0 Å². The highest BCUT2D eigenvalue weighted by atomic mass is 19.4. The summed E-state index contributed by atoms with van der Waals surface area (Å²) in [5, 5.41) is 3.32. The molecule has 3 aliphatic rings. The molecule has 1 aromatic carbocycles. The third kappa shape index (κ3) is 4.76. The standard InChI is InChI=1S/C26H29F4N5O2/c1-15-10-18(26(28,29)30)12-21(32-15)35-22(36)11-17-14-34(13-16-6-8-31-9-7-16)24-19(27)4-3-5-20(24)33(2)25(37)23(17)35/h3-5,10,12,16-17,23,31H,6-9,11,13-14H2,1-2H3/t17?,23-/m0/s1. The zero-order valence-corrected chi connectivity index (χ0v) is 20.7. The van der Waals surface area contributed by atoms with Gasteiger partial charge in [-0.3, -0.25) is 14.5 Å². The number of halogens is 4. The molecule has 11 heteroatoms. The lowest BCUT2D eigenvalue weighted by molar-refractivity contribution is -0.137. The Balaban J connectivity index is 1.58. The third-order valence-electron chi connectivity index (χ3n) is 7.56. The second-order valence-electron chi connectivity index (χ2n) is 10.1. The Morgan fingerprint density at radius 1 is 1.14 bits per heavy atom. The van der Waals surface area contributed by atoms with Gasteiger partial charge in [-0.15, -0.1) is 0 Å². The molecule has 2 fully saturated rings. The van der Waals surface area contributed by atoms with Gasteiger partial charge in [0.15, 0.2) is 0 Å².